The molecule has 2 heterocycles. The van der Waals surface area contributed by atoms with Crippen molar-refractivity contribution in [3.63, 3.8) is 0 Å². The fourth-order valence-electron chi connectivity index (χ4n) is 5.25. The van der Waals surface area contributed by atoms with Crippen LogP contribution in [-0.4, -0.2) is 68.3 Å². The molecule has 0 bridgehead atoms. The number of piperidine rings is 1. The summed E-state index contributed by atoms with van der Waals surface area (Å²) in [5.74, 6) is 0.962. The summed E-state index contributed by atoms with van der Waals surface area (Å²) in [6.07, 6.45) is 9.73. The molecule has 4 rings (SSSR count). The number of nitrogens with zero attached hydrogens (tertiary/aromatic N) is 3. The fraction of sp³-hybridized carbons (Fsp3) is 0.727. The van der Waals surface area contributed by atoms with Gasteiger partial charge < -0.3 is 9.64 Å². The Morgan fingerprint density at radius 3 is 2.08 bits per heavy atom. The molecule has 144 valence electrons. The first-order valence-corrected chi connectivity index (χ1v) is 10.7. The van der Waals surface area contributed by atoms with E-state index in [0.29, 0.717) is 0 Å². The summed E-state index contributed by atoms with van der Waals surface area (Å²) in [5.41, 5.74) is 1.31. The number of benzene rings is 1. The molecule has 0 amide bonds. The molecule has 4 nitrogen and oxygen atoms in total. The van der Waals surface area contributed by atoms with Gasteiger partial charge >= 0.3 is 0 Å². The van der Waals surface area contributed by atoms with Gasteiger partial charge in [-0.1, -0.05) is 18.9 Å². The van der Waals surface area contributed by atoms with Gasteiger partial charge in [-0.25, -0.2) is 0 Å². The monoisotopic (exact) mass is 357 g/mol. The number of methoxy groups -OCH3 is 1. The lowest BCUT2D eigenvalue weighted by Crippen LogP contribution is -2.46. The quantitative estimate of drug-likeness (QED) is 0.819. The van der Waals surface area contributed by atoms with Crippen LogP contribution in [0.3, 0.4) is 0 Å². The van der Waals surface area contributed by atoms with Crippen LogP contribution in [0.1, 0.15) is 44.9 Å². The molecular formula is C22H35N3O. The first-order valence-electron chi connectivity index (χ1n) is 10.7. The van der Waals surface area contributed by atoms with E-state index in [0.717, 1.165) is 17.8 Å². The molecule has 2 aliphatic heterocycles. The Morgan fingerprint density at radius 2 is 1.42 bits per heavy atom. The molecule has 1 saturated carbocycles. The molecule has 4 heteroatoms. The highest BCUT2D eigenvalue weighted by Gasteiger charge is 2.29. The van der Waals surface area contributed by atoms with E-state index in [4.69, 9.17) is 4.74 Å². The van der Waals surface area contributed by atoms with Gasteiger partial charge in [0.1, 0.15) is 5.75 Å². The van der Waals surface area contributed by atoms with Crippen molar-refractivity contribution in [2.24, 2.45) is 0 Å². The molecule has 26 heavy (non-hydrogen) atoms. The molecule has 0 atom stereocenters. The van der Waals surface area contributed by atoms with Gasteiger partial charge in [-0.05, 0) is 57.3 Å². The Bertz CT molecular complexity index is 564. The Morgan fingerprint density at radius 1 is 0.769 bits per heavy atom. The molecular weight excluding hydrogens is 322 g/mol. The summed E-state index contributed by atoms with van der Waals surface area (Å²) < 4.78 is 5.39. The van der Waals surface area contributed by atoms with E-state index >= 15 is 0 Å². The van der Waals surface area contributed by atoms with E-state index in [2.05, 4.69) is 32.9 Å². The zero-order chi connectivity index (χ0) is 17.8. The summed E-state index contributed by atoms with van der Waals surface area (Å²) in [4.78, 5) is 8.14. The van der Waals surface area contributed by atoms with Crippen LogP contribution in [-0.2, 0) is 0 Å². The van der Waals surface area contributed by atoms with Crippen molar-refractivity contribution in [2.45, 2.75) is 57.0 Å². The molecule has 2 saturated heterocycles. The molecule has 0 N–H and O–H groups in total. The highest BCUT2D eigenvalue weighted by atomic mass is 16.5. The molecule has 0 spiro atoms. The lowest BCUT2D eigenvalue weighted by Gasteiger charge is -2.39. The summed E-state index contributed by atoms with van der Waals surface area (Å²) in [6.45, 7) is 7.53. The third kappa shape index (κ3) is 4.17. The fourth-order valence-corrected chi connectivity index (χ4v) is 5.25. The second kappa shape index (κ2) is 8.62. The summed E-state index contributed by atoms with van der Waals surface area (Å²) >= 11 is 0. The highest BCUT2D eigenvalue weighted by molar-refractivity contribution is 5.51. The molecule has 1 aliphatic carbocycles. The first-order chi connectivity index (χ1) is 12.8. The predicted molar refractivity (Wildman–Crippen MR) is 108 cm³/mol. The second-order valence-electron chi connectivity index (χ2n) is 8.28. The minimum atomic E-state index is 0.778. The topological polar surface area (TPSA) is 19.0 Å². The Balaban J connectivity index is 1.29. The van der Waals surface area contributed by atoms with Gasteiger partial charge in [0.15, 0.2) is 0 Å². The average Bonchev–Trinajstić information content (AvgIpc) is 3.13. The third-order valence-electron chi connectivity index (χ3n) is 6.81. The van der Waals surface area contributed by atoms with Crippen molar-refractivity contribution < 1.29 is 4.74 Å². The SMILES string of the molecule is COc1cccc(N2CCC(N3CCCN(C4CCCC4)CC3)CC2)c1. The second-order valence-corrected chi connectivity index (χ2v) is 8.28. The molecule has 1 aromatic carbocycles. The van der Waals surface area contributed by atoms with Gasteiger partial charge in [-0.2, -0.15) is 0 Å². The van der Waals surface area contributed by atoms with Crippen LogP contribution in [0.15, 0.2) is 24.3 Å². The molecule has 0 unspecified atom stereocenters. The largest absolute Gasteiger partial charge is 0.497 e. The maximum absolute atomic E-state index is 5.39. The summed E-state index contributed by atoms with van der Waals surface area (Å²) in [6, 6.07) is 10.2. The first kappa shape index (κ1) is 18.1. The van der Waals surface area contributed by atoms with E-state index in [1.54, 1.807) is 7.11 Å². The van der Waals surface area contributed by atoms with Crippen LogP contribution >= 0.6 is 0 Å². The van der Waals surface area contributed by atoms with Crippen LogP contribution in [0.5, 0.6) is 5.75 Å². The number of anilines is 1. The van der Waals surface area contributed by atoms with Crippen LogP contribution in [0, 0.1) is 0 Å². The maximum Gasteiger partial charge on any atom is 0.120 e. The summed E-state index contributed by atoms with van der Waals surface area (Å²) in [7, 11) is 1.75. The number of rotatable bonds is 4. The van der Waals surface area contributed by atoms with Crippen LogP contribution < -0.4 is 9.64 Å². The molecule has 0 aromatic heterocycles. The standard InChI is InChI=1S/C22H35N3O/c1-26-22-9-4-8-21(18-22)25-14-10-20(11-15-25)24-13-5-12-23(16-17-24)19-6-2-3-7-19/h4,8-9,18-20H,2-3,5-7,10-17H2,1H3. The molecule has 3 aliphatic rings. The van der Waals surface area contributed by atoms with Crippen molar-refractivity contribution >= 4 is 5.69 Å². The van der Waals surface area contributed by atoms with E-state index in [1.165, 1.54) is 89.9 Å². The van der Waals surface area contributed by atoms with Gasteiger partial charge in [0.25, 0.3) is 0 Å². The Labute approximate surface area is 159 Å². The molecule has 3 fully saturated rings. The van der Waals surface area contributed by atoms with Crippen LogP contribution in [0.4, 0.5) is 5.69 Å². The Kier molecular flexibility index (Phi) is 6.01. The van der Waals surface area contributed by atoms with Crippen molar-refractivity contribution in [1.29, 1.82) is 0 Å². The van der Waals surface area contributed by atoms with Gasteiger partial charge in [0.05, 0.1) is 7.11 Å². The number of hydrogen-bond acceptors (Lipinski definition) is 4. The summed E-state index contributed by atoms with van der Waals surface area (Å²) in [5, 5.41) is 0. The van der Waals surface area contributed by atoms with Crippen molar-refractivity contribution in [3.8, 4) is 5.75 Å². The van der Waals surface area contributed by atoms with Gasteiger partial charge in [-0.3, -0.25) is 9.80 Å². The van der Waals surface area contributed by atoms with E-state index in [-0.39, 0.29) is 0 Å². The van der Waals surface area contributed by atoms with Crippen LogP contribution in [0.25, 0.3) is 0 Å². The van der Waals surface area contributed by atoms with Gasteiger partial charge in [0.2, 0.25) is 0 Å². The van der Waals surface area contributed by atoms with Crippen molar-refractivity contribution in [3.05, 3.63) is 24.3 Å². The lowest BCUT2D eigenvalue weighted by atomic mass is 10.0. The normalized spacial score (nSPS) is 24.7. The minimum absolute atomic E-state index is 0.778. The zero-order valence-electron chi connectivity index (χ0n) is 16.4. The lowest BCUT2D eigenvalue weighted by molar-refractivity contribution is 0.160. The van der Waals surface area contributed by atoms with Gasteiger partial charge in [-0.15, -0.1) is 0 Å². The van der Waals surface area contributed by atoms with Crippen molar-refractivity contribution in [1.82, 2.24) is 9.80 Å². The van der Waals surface area contributed by atoms with E-state index < -0.39 is 0 Å². The smallest absolute Gasteiger partial charge is 0.120 e. The molecule has 0 radical (unpaired) electrons. The molecule has 1 aromatic rings. The highest BCUT2D eigenvalue weighted by Crippen LogP contribution is 2.28. The average molecular weight is 358 g/mol. The maximum atomic E-state index is 5.39. The number of hydrogen-bond donors (Lipinski definition) is 0. The zero-order valence-corrected chi connectivity index (χ0v) is 16.4. The number of ether oxygens (including phenoxy) is 1. The van der Waals surface area contributed by atoms with E-state index in [1.807, 2.05) is 6.07 Å². The van der Waals surface area contributed by atoms with Crippen molar-refractivity contribution in [2.75, 3.05) is 51.3 Å². The van der Waals surface area contributed by atoms with E-state index in [9.17, 15) is 0 Å². The minimum Gasteiger partial charge on any atom is -0.497 e. The predicted octanol–water partition coefficient (Wildman–Crippen LogP) is 3.61. The van der Waals surface area contributed by atoms with Crippen LogP contribution in [0.2, 0.25) is 0 Å². The third-order valence-corrected chi connectivity index (χ3v) is 6.81. The Hall–Kier alpha value is -1.26. The van der Waals surface area contributed by atoms with Gasteiger partial charge in [0, 0.05) is 50.0 Å².